The number of thioether (sulfide) groups is 1. The van der Waals surface area contributed by atoms with Crippen molar-refractivity contribution in [3.63, 3.8) is 0 Å². The second kappa shape index (κ2) is 7.62. The molecule has 2 aromatic rings. The van der Waals surface area contributed by atoms with Crippen LogP contribution in [0.3, 0.4) is 0 Å². The Morgan fingerprint density at radius 1 is 1.05 bits per heavy atom. The van der Waals surface area contributed by atoms with E-state index >= 15 is 0 Å². The summed E-state index contributed by atoms with van der Waals surface area (Å²) in [7, 11) is 0. The molecule has 2 N–H and O–H groups in total. The summed E-state index contributed by atoms with van der Waals surface area (Å²) in [5.41, 5.74) is 8.74. The minimum atomic E-state index is -0.170. The van der Waals surface area contributed by atoms with Crippen molar-refractivity contribution in [2.75, 3.05) is 5.75 Å². The van der Waals surface area contributed by atoms with Gasteiger partial charge in [-0.15, -0.1) is 11.8 Å². The third-order valence-electron chi connectivity index (χ3n) is 3.43. The van der Waals surface area contributed by atoms with Gasteiger partial charge in [0.25, 0.3) is 0 Å². The normalized spacial score (nSPS) is 12.6. The number of hydrogen-bond acceptors (Lipinski definition) is 2. The number of halogens is 1. The van der Waals surface area contributed by atoms with E-state index in [4.69, 9.17) is 5.73 Å². The highest BCUT2D eigenvalue weighted by Gasteiger charge is 2.08. The largest absolute Gasteiger partial charge is 0.327 e. The number of hydrogen-bond donors (Lipinski definition) is 1. The molecule has 0 aromatic heterocycles. The molecule has 1 atom stereocenters. The molecule has 0 saturated carbocycles. The van der Waals surface area contributed by atoms with E-state index in [1.54, 1.807) is 12.1 Å². The molecule has 0 bridgehead atoms. The van der Waals surface area contributed by atoms with Gasteiger partial charge in [-0.25, -0.2) is 4.39 Å². The van der Waals surface area contributed by atoms with E-state index in [1.165, 1.54) is 29.0 Å². The second-order valence-corrected chi connectivity index (χ2v) is 6.66. The molecule has 0 aliphatic carbocycles. The van der Waals surface area contributed by atoms with Crippen LogP contribution in [0.4, 0.5) is 4.39 Å². The lowest BCUT2D eigenvalue weighted by Crippen LogP contribution is -2.25. The van der Waals surface area contributed by atoms with Crippen LogP contribution in [-0.2, 0) is 6.42 Å². The fourth-order valence-electron chi connectivity index (χ4n) is 2.16. The second-order valence-electron chi connectivity index (χ2n) is 5.60. The van der Waals surface area contributed by atoms with Gasteiger partial charge < -0.3 is 5.73 Å². The molecule has 2 rings (SSSR count). The summed E-state index contributed by atoms with van der Waals surface area (Å²) in [4.78, 5) is 0.670. The highest BCUT2D eigenvalue weighted by molar-refractivity contribution is 7.99. The number of rotatable bonds is 6. The van der Waals surface area contributed by atoms with Crippen LogP contribution in [-0.4, -0.2) is 11.8 Å². The Kier molecular flexibility index (Phi) is 5.83. The van der Waals surface area contributed by atoms with Gasteiger partial charge in [-0.05, 0) is 35.6 Å². The van der Waals surface area contributed by atoms with Crippen LogP contribution in [0.2, 0.25) is 0 Å². The Morgan fingerprint density at radius 3 is 2.33 bits per heavy atom. The quantitative estimate of drug-likeness (QED) is 0.789. The van der Waals surface area contributed by atoms with Crippen LogP contribution < -0.4 is 5.73 Å². The van der Waals surface area contributed by atoms with Gasteiger partial charge in [0, 0.05) is 16.7 Å². The van der Waals surface area contributed by atoms with Crippen LogP contribution in [0.15, 0.2) is 53.4 Å². The molecule has 0 radical (unpaired) electrons. The van der Waals surface area contributed by atoms with Crippen molar-refractivity contribution in [3.05, 3.63) is 65.5 Å². The molecule has 0 heterocycles. The summed E-state index contributed by atoms with van der Waals surface area (Å²) in [6.45, 7) is 4.37. The Hall–Kier alpha value is -1.32. The van der Waals surface area contributed by atoms with Crippen molar-refractivity contribution in [1.29, 1.82) is 0 Å². The van der Waals surface area contributed by atoms with Crippen molar-refractivity contribution >= 4 is 11.8 Å². The van der Waals surface area contributed by atoms with Crippen molar-refractivity contribution in [1.82, 2.24) is 0 Å². The van der Waals surface area contributed by atoms with Crippen molar-refractivity contribution in [3.8, 4) is 0 Å². The van der Waals surface area contributed by atoms with Crippen LogP contribution >= 0.6 is 11.8 Å². The average Bonchev–Trinajstić information content (AvgIpc) is 2.47. The lowest BCUT2D eigenvalue weighted by molar-refractivity contribution is 0.601. The first-order valence-corrected chi connectivity index (χ1v) is 8.26. The zero-order chi connectivity index (χ0) is 15.2. The standard InChI is InChI=1S/C18H22FNS/c1-13(2)15-9-7-14(8-10-15)11-16(20)12-21-18-6-4-3-5-17(18)19/h3-10,13,16H,11-12,20H2,1-2H3. The zero-order valence-electron chi connectivity index (χ0n) is 12.6. The molecule has 112 valence electrons. The third kappa shape index (κ3) is 4.87. The summed E-state index contributed by atoms with van der Waals surface area (Å²) in [5.74, 6) is 1.09. The van der Waals surface area contributed by atoms with Crippen molar-refractivity contribution in [2.45, 2.75) is 37.1 Å². The fraction of sp³-hybridized carbons (Fsp3) is 0.333. The van der Waals surface area contributed by atoms with Gasteiger partial charge in [-0.2, -0.15) is 0 Å². The molecular formula is C18H22FNS. The predicted octanol–water partition coefficient (Wildman–Crippen LogP) is 4.61. The van der Waals surface area contributed by atoms with E-state index in [1.807, 2.05) is 6.07 Å². The number of benzene rings is 2. The van der Waals surface area contributed by atoms with Gasteiger partial charge in [-0.3, -0.25) is 0 Å². The van der Waals surface area contributed by atoms with Gasteiger partial charge in [0.05, 0.1) is 0 Å². The van der Waals surface area contributed by atoms with E-state index in [9.17, 15) is 4.39 Å². The molecular weight excluding hydrogens is 281 g/mol. The van der Waals surface area contributed by atoms with Gasteiger partial charge in [0.15, 0.2) is 0 Å². The van der Waals surface area contributed by atoms with Gasteiger partial charge in [0.1, 0.15) is 5.82 Å². The van der Waals surface area contributed by atoms with E-state index in [2.05, 4.69) is 38.1 Å². The molecule has 1 unspecified atom stereocenters. The maximum atomic E-state index is 13.5. The summed E-state index contributed by atoms with van der Waals surface area (Å²) in [6, 6.07) is 15.5. The maximum Gasteiger partial charge on any atom is 0.136 e. The van der Waals surface area contributed by atoms with Crippen LogP contribution in [0, 0.1) is 5.82 Å². The molecule has 2 aromatic carbocycles. The highest BCUT2D eigenvalue weighted by atomic mass is 32.2. The lowest BCUT2D eigenvalue weighted by Gasteiger charge is -2.13. The Bertz CT molecular complexity index is 566. The molecule has 0 fully saturated rings. The van der Waals surface area contributed by atoms with Gasteiger partial charge in [0.2, 0.25) is 0 Å². The van der Waals surface area contributed by atoms with Crippen LogP contribution in [0.5, 0.6) is 0 Å². The molecule has 1 nitrogen and oxygen atoms in total. The average molecular weight is 303 g/mol. The molecule has 21 heavy (non-hydrogen) atoms. The SMILES string of the molecule is CC(C)c1ccc(CC(N)CSc2ccccc2F)cc1. The van der Waals surface area contributed by atoms with Crippen LogP contribution in [0.1, 0.15) is 30.9 Å². The van der Waals surface area contributed by atoms with E-state index in [-0.39, 0.29) is 11.9 Å². The minimum absolute atomic E-state index is 0.0273. The van der Waals surface area contributed by atoms with Gasteiger partial charge in [-0.1, -0.05) is 50.2 Å². The molecule has 3 heteroatoms. The minimum Gasteiger partial charge on any atom is -0.327 e. The Labute approximate surface area is 130 Å². The van der Waals surface area contributed by atoms with Gasteiger partial charge >= 0.3 is 0 Å². The predicted molar refractivity (Wildman–Crippen MR) is 89.3 cm³/mol. The lowest BCUT2D eigenvalue weighted by atomic mass is 10.00. The first kappa shape index (κ1) is 16.1. The molecule has 0 amide bonds. The van der Waals surface area contributed by atoms with E-state index < -0.39 is 0 Å². The topological polar surface area (TPSA) is 26.0 Å². The summed E-state index contributed by atoms with van der Waals surface area (Å²) >= 11 is 1.48. The number of nitrogens with two attached hydrogens (primary N) is 1. The van der Waals surface area contributed by atoms with Crippen LogP contribution in [0.25, 0.3) is 0 Å². The third-order valence-corrected chi connectivity index (χ3v) is 4.67. The molecule has 0 saturated heterocycles. The zero-order valence-corrected chi connectivity index (χ0v) is 13.4. The maximum absolute atomic E-state index is 13.5. The summed E-state index contributed by atoms with van der Waals surface area (Å²) in [6.07, 6.45) is 0.819. The summed E-state index contributed by atoms with van der Waals surface area (Å²) in [5, 5.41) is 0. The smallest absolute Gasteiger partial charge is 0.136 e. The summed E-state index contributed by atoms with van der Waals surface area (Å²) < 4.78 is 13.5. The monoisotopic (exact) mass is 303 g/mol. The Morgan fingerprint density at radius 2 is 1.71 bits per heavy atom. The van der Waals surface area contributed by atoms with E-state index in [0.717, 1.165) is 6.42 Å². The molecule has 0 spiro atoms. The molecule has 0 aliphatic rings. The highest BCUT2D eigenvalue weighted by Crippen LogP contribution is 2.22. The van der Waals surface area contributed by atoms with E-state index in [0.29, 0.717) is 16.6 Å². The van der Waals surface area contributed by atoms with Crippen molar-refractivity contribution in [2.24, 2.45) is 5.73 Å². The van der Waals surface area contributed by atoms with Crippen molar-refractivity contribution < 1.29 is 4.39 Å². The first-order chi connectivity index (χ1) is 10.1. The first-order valence-electron chi connectivity index (χ1n) is 7.28. The fourth-order valence-corrected chi connectivity index (χ4v) is 3.05. The Balaban J connectivity index is 1.87. The molecule has 0 aliphatic heterocycles.